The smallest absolute Gasteiger partial charge is 0.367 e. The number of benzene rings is 1. The summed E-state index contributed by atoms with van der Waals surface area (Å²) >= 11 is 0. The predicted molar refractivity (Wildman–Crippen MR) is 97.2 cm³/mol. The highest BCUT2D eigenvalue weighted by molar-refractivity contribution is 5.89. The molecule has 1 atom stereocenters. The molecule has 2 aromatic rings. The van der Waals surface area contributed by atoms with Crippen molar-refractivity contribution in [1.29, 1.82) is 0 Å². The minimum Gasteiger partial charge on any atom is -0.367 e. The van der Waals surface area contributed by atoms with Gasteiger partial charge in [0, 0.05) is 23.5 Å². The van der Waals surface area contributed by atoms with Gasteiger partial charge in [0.1, 0.15) is 12.1 Å². The lowest BCUT2D eigenvalue weighted by atomic mass is 9.90. The Kier molecular flexibility index (Phi) is 5.65. The van der Waals surface area contributed by atoms with Crippen LogP contribution in [-0.4, -0.2) is 34.3 Å². The monoisotopic (exact) mass is 366 g/mol. The third-order valence-electron chi connectivity index (χ3n) is 4.92. The van der Waals surface area contributed by atoms with Crippen molar-refractivity contribution >= 4 is 16.7 Å². The molecule has 4 nitrogen and oxygen atoms in total. The maximum absolute atomic E-state index is 12.5. The van der Waals surface area contributed by atoms with Crippen molar-refractivity contribution in [2.24, 2.45) is 0 Å². The molecule has 26 heavy (non-hydrogen) atoms. The van der Waals surface area contributed by atoms with Crippen LogP contribution >= 0.6 is 0 Å². The molecule has 2 N–H and O–H groups in total. The third kappa shape index (κ3) is 5.06. The molecule has 1 aromatic carbocycles. The van der Waals surface area contributed by atoms with E-state index >= 15 is 0 Å². The zero-order chi connectivity index (χ0) is 18.7. The Labute approximate surface area is 151 Å². The molecule has 1 fully saturated rings. The van der Waals surface area contributed by atoms with Gasteiger partial charge in [-0.2, -0.15) is 13.2 Å². The van der Waals surface area contributed by atoms with Crippen LogP contribution in [0.1, 0.15) is 44.6 Å². The lowest BCUT2D eigenvalue weighted by Crippen LogP contribution is -2.42. The molecule has 1 heterocycles. The van der Waals surface area contributed by atoms with Crippen LogP contribution in [-0.2, 0) is 0 Å². The van der Waals surface area contributed by atoms with E-state index in [2.05, 4.69) is 26.7 Å². The topological polar surface area (TPSA) is 49.8 Å². The van der Waals surface area contributed by atoms with Crippen LogP contribution in [0.5, 0.6) is 0 Å². The van der Waals surface area contributed by atoms with Crippen LogP contribution in [0.4, 0.5) is 19.0 Å². The van der Waals surface area contributed by atoms with Gasteiger partial charge in [-0.05, 0) is 51.7 Å². The van der Waals surface area contributed by atoms with Gasteiger partial charge in [-0.15, -0.1) is 0 Å². The number of nitrogens with zero attached hydrogens (tertiary/aromatic N) is 2. The molecule has 0 spiro atoms. The summed E-state index contributed by atoms with van der Waals surface area (Å²) in [6.45, 7) is 3.64. The van der Waals surface area contributed by atoms with Crippen molar-refractivity contribution in [1.82, 2.24) is 15.3 Å². The summed E-state index contributed by atoms with van der Waals surface area (Å²) in [7, 11) is 0. The Morgan fingerprint density at radius 2 is 1.81 bits per heavy atom. The van der Waals surface area contributed by atoms with E-state index in [0.717, 1.165) is 48.0 Å². The van der Waals surface area contributed by atoms with Crippen molar-refractivity contribution < 1.29 is 13.2 Å². The molecule has 0 radical (unpaired) electrons. The third-order valence-corrected chi connectivity index (χ3v) is 4.92. The minimum atomic E-state index is -4.11. The Hall–Kier alpha value is -1.89. The van der Waals surface area contributed by atoms with Gasteiger partial charge < -0.3 is 10.6 Å². The van der Waals surface area contributed by atoms with Gasteiger partial charge in [0.25, 0.3) is 0 Å². The summed E-state index contributed by atoms with van der Waals surface area (Å²) in [4.78, 5) is 8.68. The average molecular weight is 366 g/mol. The Bertz CT molecular complexity index is 739. The summed E-state index contributed by atoms with van der Waals surface area (Å²) in [6.07, 6.45) is 0.214. The minimum absolute atomic E-state index is 0.148. The summed E-state index contributed by atoms with van der Waals surface area (Å²) in [5.74, 6) is 0.834. The van der Waals surface area contributed by atoms with Gasteiger partial charge in [-0.25, -0.2) is 9.97 Å². The van der Waals surface area contributed by atoms with Gasteiger partial charge in [-0.1, -0.05) is 11.6 Å². The van der Waals surface area contributed by atoms with E-state index in [0.29, 0.717) is 0 Å². The molecule has 7 heteroatoms. The number of nitrogens with one attached hydrogen (secondary N) is 2. The van der Waals surface area contributed by atoms with Gasteiger partial charge in [0.15, 0.2) is 0 Å². The fourth-order valence-corrected chi connectivity index (χ4v) is 3.69. The largest absolute Gasteiger partial charge is 0.390 e. The standard InChI is InChI=1S/C19H25F3N4/c1-12-3-8-17-16(9-12)18(24-11-23-17)26-15-6-4-14(5-7-15)25-13(2)10-19(20,21)22/h3,8-9,11,13-15,25H,4-7,10H2,1-2H3,(H,23,24,26)/t13-,14?,15?/m0/s1. The maximum Gasteiger partial charge on any atom is 0.390 e. The molecule has 0 bridgehead atoms. The first kappa shape index (κ1) is 18.9. The fraction of sp³-hybridized carbons (Fsp3) is 0.579. The molecular weight excluding hydrogens is 341 g/mol. The molecule has 1 aliphatic carbocycles. The van der Waals surface area contributed by atoms with Crippen molar-refractivity contribution in [3.63, 3.8) is 0 Å². The molecule has 0 aliphatic heterocycles. The zero-order valence-corrected chi connectivity index (χ0v) is 15.1. The average Bonchev–Trinajstić information content (AvgIpc) is 2.55. The lowest BCUT2D eigenvalue weighted by molar-refractivity contribution is -0.139. The number of anilines is 1. The maximum atomic E-state index is 12.5. The van der Waals surface area contributed by atoms with Crippen molar-refractivity contribution in [3.8, 4) is 0 Å². The van der Waals surface area contributed by atoms with Crippen LogP contribution in [0.15, 0.2) is 24.5 Å². The second-order valence-electron chi connectivity index (χ2n) is 7.32. The first-order valence-electron chi connectivity index (χ1n) is 9.11. The number of alkyl halides is 3. The van der Waals surface area contributed by atoms with Crippen LogP contribution < -0.4 is 10.6 Å². The lowest BCUT2D eigenvalue weighted by Gasteiger charge is -2.32. The molecule has 142 valence electrons. The first-order chi connectivity index (χ1) is 12.3. The molecule has 1 saturated carbocycles. The number of halogens is 3. The highest BCUT2D eigenvalue weighted by atomic mass is 19.4. The Balaban J connectivity index is 1.55. The number of hydrogen-bond donors (Lipinski definition) is 2. The van der Waals surface area contributed by atoms with E-state index < -0.39 is 18.6 Å². The number of aryl methyl sites for hydroxylation is 1. The molecule has 3 rings (SSSR count). The van der Waals surface area contributed by atoms with Crippen LogP contribution in [0, 0.1) is 6.92 Å². The molecule has 0 amide bonds. The van der Waals surface area contributed by atoms with Gasteiger partial charge in [-0.3, -0.25) is 0 Å². The SMILES string of the molecule is Cc1ccc2ncnc(NC3CCC(N[C@@H](C)CC(F)(F)F)CC3)c2c1. The van der Waals surface area contributed by atoms with Gasteiger partial charge in [0.2, 0.25) is 0 Å². The van der Waals surface area contributed by atoms with Crippen LogP contribution in [0.25, 0.3) is 10.9 Å². The Morgan fingerprint density at radius 1 is 1.12 bits per heavy atom. The van der Waals surface area contributed by atoms with Crippen molar-refractivity contribution in [2.45, 2.75) is 70.3 Å². The van der Waals surface area contributed by atoms with E-state index in [1.807, 2.05) is 19.1 Å². The van der Waals surface area contributed by atoms with Gasteiger partial charge >= 0.3 is 6.18 Å². The van der Waals surface area contributed by atoms with Crippen molar-refractivity contribution in [3.05, 3.63) is 30.1 Å². The van der Waals surface area contributed by atoms with E-state index in [-0.39, 0.29) is 12.1 Å². The van der Waals surface area contributed by atoms with Crippen molar-refractivity contribution in [2.75, 3.05) is 5.32 Å². The number of rotatable bonds is 5. The van der Waals surface area contributed by atoms with Crippen LogP contribution in [0.3, 0.4) is 0 Å². The second-order valence-corrected chi connectivity index (χ2v) is 7.32. The number of fused-ring (bicyclic) bond motifs is 1. The zero-order valence-electron chi connectivity index (χ0n) is 15.1. The molecule has 1 aromatic heterocycles. The predicted octanol–water partition coefficient (Wildman–Crippen LogP) is 4.59. The summed E-state index contributed by atoms with van der Waals surface area (Å²) in [6, 6.07) is 5.97. The molecule has 1 aliphatic rings. The normalized spacial score (nSPS) is 22.3. The summed E-state index contributed by atoms with van der Waals surface area (Å²) in [5, 5.41) is 7.63. The van der Waals surface area contributed by atoms with E-state index in [4.69, 9.17) is 0 Å². The highest BCUT2D eigenvalue weighted by Crippen LogP contribution is 2.27. The van der Waals surface area contributed by atoms with E-state index in [1.54, 1.807) is 13.3 Å². The first-order valence-corrected chi connectivity index (χ1v) is 9.11. The van der Waals surface area contributed by atoms with E-state index in [9.17, 15) is 13.2 Å². The van der Waals surface area contributed by atoms with Gasteiger partial charge in [0.05, 0.1) is 11.9 Å². The summed E-state index contributed by atoms with van der Waals surface area (Å²) in [5.41, 5.74) is 2.06. The number of hydrogen-bond acceptors (Lipinski definition) is 4. The molecule has 0 unspecified atom stereocenters. The summed E-state index contributed by atoms with van der Waals surface area (Å²) < 4.78 is 37.4. The molecule has 0 saturated heterocycles. The fourth-order valence-electron chi connectivity index (χ4n) is 3.69. The number of aromatic nitrogens is 2. The second kappa shape index (κ2) is 7.78. The van der Waals surface area contributed by atoms with E-state index in [1.165, 1.54) is 0 Å². The highest BCUT2D eigenvalue weighted by Gasteiger charge is 2.31. The van der Waals surface area contributed by atoms with Crippen LogP contribution in [0.2, 0.25) is 0 Å². The molecular formula is C19H25F3N4. The Morgan fingerprint density at radius 3 is 2.50 bits per heavy atom. The quantitative estimate of drug-likeness (QED) is 0.812.